The van der Waals surface area contributed by atoms with E-state index in [0.717, 1.165) is 0 Å². The van der Waals surface area contributed by atoms with Gasteiger partial charge in [0.15, 0.2) is 17.3 Å². The fraction of sp³-hybridized carbons (Fsp3) is 0.824. The van der Waals surface area contributed by atoms with Crippen molar-refractivity contribution in [3.05, 3.63) is 0 Å². The number of carbonyl (C=O) groups excluding carboxylic acids is 3. The van der Waals surface area contributed by atoms with Crippen molar-refractivity contribution in [1.82, 2.24) is 0 Å². The molecule has 6 heteroatoms. The molecular weight excluding hydrogens is 300 g/mol. The van der Waals surface area contributed by atoms with E-state index in [1.165, 1.54) is 14.0 Å². The Morgan fingerprint density at radius 1 is 0.739 bits per heavy atom. The van der Waals surface area contributed by atoms with Crippen LogP contribution in [0.5, 0.6) is 0 Å². The van der Waals surface area contributed by atoms with Gasteiger partial charge in [-0.05, 0) is 55.4 Å². The third-order valence-corrected chi connectivity index (χ3v) is 3.79. The average molecular weight is 330 g/mol. The lowest BCUT2D eigenvalue weighted by Crippen LogP contribution is -2.50. The maximum absolute atomic E-state index is 12.6. The zero-order chi connectivity index (χ0) is 18.6. The highest BCUT2D eigenvalue weighted by Crippen LogP contribution is 2.22. The molecule has 3 unspecified atom stereocenters. The summed E-state index contributed by atoms with van der Waals surface area (Å²) in [7, 11) is 1.44. The van der Waals surface area contributed by atoms with E-state index < -0.39 is 29.5 Å². The molecule has 0 aromatic heterocycles. The molecule has 0 bridgehead atoms. The normalized spacial score (nSPS) is 16.6. The maximum atomic E-state index is 12.6. The lowest BCUT2D eigenvalue weighted by Gasteiger charge is -2.33. The van der Waals surface area contributed by atoms with Crippen molar-refractivity contribution in [3.8, 4) is 0 Å². The molecular formula is C17H30O6. The van der Waals surface area contributed by atoms with Crippen molar-refractivity contribution in [2.45, 2.75) is 84.9 Å². The minimum Gasteiger partial charge on any atom is -0.374 e. The molecule has 23 heavy (non-hydrogen) atoms. The minimum atomic E-state index is -1.20. The maximum Gasteiger partial charge on any atom is 0.192 e. The quantitative estimate of drug-likeness (QED) is 0.610. The average Bonchev–Trinajstić information content (AvgIpc) is 2.43. The third kappa shape index (κ3) is 6.12. The van der Waals surface area contributed by atoms with Crippen LogP contribution in [-0.2, 0) is 28.6 Å². The first kappa shape index (κ1) is 21.9. The van der Waals surface area contributed by atoms with Crippen LogP contribution in [-0.4, -0.2) is 54.0 Å². The number of rotatable bonds is 10. The number of ketones is 3. The molecule has 0 aromatic rings. The van der Waals surface area contributed by atoms with Gasteiger partial charge in [-0.15, -0.1) is 0 Å². The predicted octanol–water partition coefficient (Wildman–Crippen LogP) is 2.12. The molecule has 134 valence electrons. The molecule has 0 saturated carbocycles. The topological polar surface area (TPSA) is 78.9 Å². The number of hydrogen-bond acceptors (Lipinski definition) is 6. The molecule has 0 N–H and O–H groups in total. The van der Waals surface area contributed by atoms with Gasteiger partial charge in [0.2, 0.25) is 0 Å². The number of methoxy groups -OCH3 is 1. The summed E-state index contributed by atoms with van der Waals surface area (Å²) in [6, 6.07) is 0. The molecule has 0 saturated heterocycles. The Balaban J connectivity index is 5.02. The second-order valence-corrected chi connectivity index (χ2v) is 6.76. The van der Waals surface area contributed by atoms with E-state index in [9.17, 15) is 14.4 Å². The summed E-state index contributed by atoms with van der Waals surface area (Å²) in [5, 5.41) is 0. The van der Waals surface area contributed by atoms with Gasteiger partial charge >= 0.3 is 0 Å². The molecule has 0 aliphatic carbocycles. The highest BCUT2D eigenvalue weighted by molar-refractivity contribution is 5.93. The van der Waals surface area contributed by atoms with Crippen molar-refractivity contribution in [2.24, 2.45) is 0 Å². The highest BCUT2D eigenvalue weighted by Gasteiger charge is 2.40. The lowest BCUT2D eigenvalue weighted by atomic mass is 9.95. The van der Waals surface area contributed by atoms with Crippen LogP contribution in [0.25, 0.3) is 0 Å². The Morgan fingerprint density at radius 2 is 1.09 bits per heavy atom. The SMILES string of the molecule is COC(C)C(=O)C(C)(C)OC(C)C(=O)C(C)(C)OC(C)C(C)=O. The van der Waals surface area contributed by atoms with Gasteiger partial charge in [-0.25, -0.2) is 0 Å². The Labute approximate surface area is 138 Å². The van der Waals surface area contributed by atoms with Gasteiger partial charge in [0.1, 0.15) is 29.5 Å². The molecule has 0 spiro atoms. The van der Waals surface area contributed by atoms with Gasteiger partial charge in [0, 0.05) is 7.11 Å². The molecule has 0 amide bonds. The third-order valence-electron chi connectivity index (χ3n) is 3.79. The van der Waals surface area contributed by atoms with Gasteiger partial charge < -0.3 is 14.2 Å². The summed E-state index contributed by atoms with van der Waals surface area (Å²) in [6.45, 7) is 12.6. The summed E-state index contributed by atoms with van der Waals surface area (Å²) in [5.74, 6) is -0.754. The molecule has 0 radical (unpaired) electrons. The Bertz CT molecular complexity index is 452. The van der Waals surface area contributed by atoms with Crippen LogP contribution in [0.15, 0.2) is 0 Å². The molecule has 0 aliphatic rings. The first-order chi connectivity index (χ1) is 10.3. The Morgan fingerprint density at radius 3 is 1.43 bits per heavy atom. The van der Waals surface area contributed by atoms with E-state index in [0.29, 0.717) is 0 Å². The summed E-state index contributed by atoms with van der Waals surface area (Å²) in [6.07, 6.45) is -2.19. The molecule has 3 atom stereocenters. The van der Waals surface area contributed by atoms with E-state index in [-0.39, 0.29) is 17.3 Å². The van der Waals surface area contributed by atoms with Crippen LogP contribution in [0.3, 0.4) is 0 Å². The molecule has 0 aromatic carbocycles. The van der Waals surface area contributed by atoms with E-state index in [2.05, 4.69) is 0 Å². The fourth-order valence-electron chi connectivity index (χ4n) is 2.22. The number of carbonyl (C=O) groups is 3. The van der Waals surface area contributed by atoms with E-state index in [1.807, 2.05) is 0 Å². The Hall–Kier alpha value is -1.11. The lowest BCUT2D eigenvalue weighted by molar-refractivity contribution is -0.173. The summed E-state index contributed by atoms with van der Waals surface area (Å²) in [5.41, 5.74) is -2.37. The van der Waals surface area contributed by atoms with Crippen LogP contribution in [0.1, 0.15) is 55.4 Å². The second-order valence-electron chi connectivity index (χ2n) is 6.76. The van der Waals surface area contributed by atoms with Crippen molar-refractivity contribution in [3.63, 3.8) is 0 Å². The largest absolute Gasteiger partial charge is 0.374 e. The fourth-order valence-corrected chi connectivity index (χ4v) is 2.22. The number of hydrogen-bond donors (Lipinski definition) is 0. The second kappa shape index (κ2) is 8.13. The van der Waals surface area contributed by atoms with Crippen molar-refractivity contribution in [2.75, 3.05) is 7.11 Å². The summed E-state index contributed by atoms with van der Waals surface area (Å²) < 4.78 is 16.2. The van der Waals surface area contributed by atoms with E-state index in [1.54, 1.807) is 48.5 Å². The first-order valence-electron chi connectivity index (χ1n) is 7.73. The first-order valence-corrected chi connectivity index (χ1v) is 7.73. The monoisotopic (exact) mass is 330 g/mol. The predicted molar refractivity (Wildman–Crippen MR) is 86.4 cm³/mol. The van der Waals surface area contributed by atoms with Gasteiger partial charge in [-0.3, -0.25) is 14.4 Å². The molecule has 6 nitrogen and oxygen atoms in total. The smallest absolute Gasteiger partial charge is 0.192 e. The van der Waals surface area contributed by atoms with Crippen molar-refractivity contribution >= 4 is 17.3 Å². The van der Waals surface area contributed by atoms with Crippen molar-refractivity contribution < 1.29 is 28.6 Å². The Kier molecular flexibility index (Phi) is 7.73. The van der Waals surface area contributed by atoms with Crippen LogP contribution < -0.4 is 0 Å². The molecule has 0 heterocycles. The van der Waals surface area contributed by atoms with Gasteiger partial charge in [-0.1, -0.05) is 0 Å². The van der Waals surface area contributed by atoms with Gasteiger partial charge in [0.25, 0.3) is 0 Å². The zero-order valence-corrected chi connectivity index (χ0v) is 15.7. The standard InChI is InChI=1S/C17H30O6/c1-10(18)11(2)22-17(7,8)15(20)13(4)23-16(5,6)14(19)12(3)21-9/h11-13H,1-9H3. The summed E-state index contributed by atoms with van der Waals surface area (Å²) in [4.78, 5) is 36.1. The number of ether oxygens (including phenoxy) is 3. The highest BCUT2D eigenvalue weighted by atomic mass is 16.5. The van der Waals surface area contributed by atoms with E-state index in [4.69, 9.17) is 14.2 Å². The van der Waals surface area contributed by atoms with E-state index >= 15 is 0 Å². The van der Waals surface area contributed by atoms with Crippen LogP contribution in [0.2, 0.25) is 0 Å². The van der Waals surface area contributed by atoms with Gasteiger partial charge in [0.05, 0.1) is 0 Å². The molecule has 0 aliphatic heterocycles. The van der Waals surface area contributed by atoms with Crippen LogP contribution in [0, 0.1) is 0 Å². The zero-order valence-electron chi connectivity index (χ0n) is 15.7. The summed E-state index contributed by atoms with van der Waals surface area (Å²) >= 11 is 0. The van der Waals surface area contributed by atoms with Crippen LogP contribution in [0.4, 0.5) is 0 Å². The van der Waals surface area contributed by atoms with Crippen LogP contribution >= 0.6 is 0 Å². The minimum absolute atomic E-state index is 0.163. The van der Waals surface area contributed by atoms with Crippen molar-refractivity contribution in [1.29, 1.82) is 0 Å². The number of Topliss-reactive ketones (excluding diaryl/α,β-unsaturated/α-hetero) is 3. The molecule has 0 rings (SSSR count). The van der Waals surface area contributed by atoms with Gasteiger partial charge in [-0.2, -0.15) is 0 Å². The molecule has 0 fully saturated rings.